The Labute approximate surface area is 61.2 Å². The van der Waals surface area contributed by atoms with E-state index in [1.807, 2.05) is 43.4 Å². The van der Waals surface area contributed by atoms with Crippen LogP contribution in [-0.2, 0) is 0 Å². The predicted octanol–water partition coefficient (Wildman–Crippen LogP) is 1.90. The van der Waals surface area contributed by atoms with Crippen molar-refractivity contribution >= 4 is 0 Å². The Morgan fingerprint density at radius 1 is 1.10 bits per heavy atom. The topological polar surface area (TPSA) is 26.0 Å². The molecular formula is C9H11N. The predicted molar refractivity (Wildman–Crippen MR) is 44.3 cm³/mol. The van der Waals surface area contributed by atoms with Crippen LogP contribution in [0.3, 0.4) is 0 Å². The summed E-state index contributed by atoms with van der Waals surface area (Å²) in [5, 5.41) is 0. The minimum Gasteiger partial charge on any atom is -0.399 e. The smallest absolute Gasteiger partial charge is 0.0314 e. The van der Waals surface area contributed by atoms with Crippen molar-refractivity contribution in [2.45, 2.75) is 6.92 Å². The van der Waals surface area contributed by atoms with E-state index in [2.05, 4.69) is 0 Å². The second kappa shape index (κ2) is 3.06. The minimum absolute atomic E-state index is 0.795. The zero-order valence-corrected chi connectivity index (χ0v) is 6.04. The van der Waals surface area contributed by atoms with Gasteiger partial charge in [-0.3, -0.25) is 0 Å². The molecule has 0 unspecified atom stereocenters. The molecule has 0 aliphatic heterocycles. The van der Waals surface area contributed by atoms with Gasteiger partial charge in [0.05, 0.1) is 0 Å². The summed E-state index contributed by atoms with van der Waals surface area (Å²) in [5.74, 6) is 0. The van der Waals surface area contributed by atoms with Crippen LogP contribution >= 0.6 is 0 Å². The summed E-state index contributed by atoms with van der Waals surface area (Å²) in [5.41, 5.74) is 7.57. The second-order valence-corrected chi connectivity index (χ2v) is 2.30. The number of hydrogen-bond acceptors (Lipinski definition) is 1. The average Bonchev–Trinajstić information content (AvgIpc) is 1.90. The van der Waals surface area contributed by atoms with E-state index in [1.54, 1.807) is 0 Å². The van der Waals surface area contributed by atoms with Gasteiger partial charge in [0.15, 0.2) is 0 Å². The first kappa shape index (κ1) is 6.87. The summed E-state index contributed by atoms with van der Waals surface area (Å²) >= 11 is 0. The van der Waals surface area contributed by atoms with E-state index in [1.165, 1.54) is 5.57 Å². The third-order valence-corrected chi connectivity index (χ3v) is 1.30. The van der Waals surface area contributed by atoms with Gasteiger partial charge in [-0.25, -0.2) is 0 Å². The van der Waals surface area contributed by atoms with Crippen LogP contribution in [0.5, 0.6) is 0 Å². The summed E-state index contributed by atoms with van der Waals surface area (Å²) in [6.07, 6.45) is 11.7. The van der Waals surface area contributed by atoms with Crippen LogP contribution < -0.4 is 5.73 Å². The molecule has 1 aliphatic carbocycles. The molecule has 0 amide bonds. The van der Waals surface area contributed by atoms with Crippen LogP contribution in [-0.4, -0.2) is 0 Å². The summed E-state index contributed by atoms with van der Waals surface area (Å²) in [6, 6.07) is 0. The molecule has 0 bridgehead atoms. The van der Waals surface area contributed by atoms with Gasteiger partial charge in [0.2, 0.25) is 0 Å². The highest BCUT2D eigenvalue weighted by Crippen LogP contribution is 2.01. The van der Waals surface area contributed by atoms with Crippen LogP contribution in [0.2, 0.25) is 0 Å². The Morgan fingerprint density at radius 3 is 2.60 bits per heavy atom. The summed E-state index contributed by atoms with van der Waals surface area (Å²) in [6.45, 7) is 2.04. The van der Waals surface area contributed by atoms with Gasteiger partial charge < -0.3 is 5.73 Å². The number of rotatable bonds is 0. The van der Waals surface area contributed by atoms with Gasteiger partial charge in [0.25, 0.3) is 0 Å². The Morgan fingerprint density at radius 2 is 1.80 bits per heavy atom. The maximum Gasteiger partial charge on any atom is 0.0314 e. The molecule has 0 radical (unpaired) electrons. The average molecular weight is 133 g/mol. The minimum atomic E-state index is 0.795. The molecular weight excluding hydrogens is 122 g/mol. The lowest BCUT2D eigenvalue weighted by molar-refractivity contribution is 1.40. The summed E-state index contributed by atoms with van der Waals surface area (Å²) < 4.78 is 0. The Balaban J connectivity index is 2.87. The molecule has 0 aromatic rings. The lowest BCUT2D eigenvalue weighted by Gasteiger charge is -1.93. The van der Waals surface area contributed by atoms with E-state index in [0.29, 0.717) is 0 Å². The second-order valence-electron chi connectivity index (χ2n) is 2.30. The molecule has 0 aromatic heterocycles. The first-order chi connectivity index (χ1) is 4.79. The highest BCUT2D eigenvalue weighted by atomic mass is 14.5. The molecule has 1 nitrogen and oxygen atoms in total. The van der Waals surface area contributed by atoms with E-state index < -0.39 is 0 Å². The number of nitrogens with two attached hydrogens (primary N) is 1. The third kappa shape index (κ3) is 1.94. The Hall–Kier alpha value is -1.24. The first-order valence-corrected chi connectivity index (χ1v) is 3.28. The van der Waals surface area contributed by atoms with Crippen molar-refractivity contribution in [1.29, 1.82) is 0 Å². The van der Waals surface area contributed by atoms with E-state index in [-0.39, 0.29) is 0 Å². The number of allylic oxidation sites excluding steroid dienone is 7. The molecule has 0 atom stereocenters. The van der Waals surface area contributed by atoms with E-state index in [4.69, 9.17) is 5.73 Å². The van der Waals surface area contributed by atoms with Gasteiger partial charge in [0, 0.05) is 5.70 Å². The molecule has 0 saturated heterocycles. The highest BCUT2D eigenvalue weighted by Gasteiger charge is 1.83. The van der Waals surface area contributed by atoms with Gasteiger partial charge >= 0.3 is 0 Å². The van der Waals surface area contributed by atoms with Gasteiger partial charge in [-0.1, -0.05) is 29.9 Å². The molecule has 1 aliphatic rings. The van der Waals surface area contributed by atoms with Crippen molar-refractivity contribution in [2.24, 2.45) is 5.73 Å². The molecule has 2 N–H and O–H groups in total. The molecule has 1 rings (SSSR count). The highest BCUT2D eigenvalue weighted by molar-refractivity contribution is 5.32. The molecule has 52 valence electrons. The van der Waals surface area contributed by atoms with Crippen molar-refractivity contribution in [3.63, 3.8) is 0 Å². The van der Waals surface area contributed by atoms with Gasteiger partial charge in [0.1, 0.15) is 0 Å². The van der Waals surface area contributed by atoms with E-state index >= 15 is 0 Å². The van der Waals surface area contributed by atoms with Crippen molar-refractivity contribution in [3.8, 4) is 0 Å². The van der Waals surface area contributed by atoms with Crippen LogP contribution in [0.4, 0.5) is 0 Å². The van der Waals surface area contributed by atoms with Crippen LogP contribution in [0.25, 0.3) is 0 Å². The monoisotopic (exact) mass is 133 g/mol. The number of hydrogen-bond donors (Lipinski definition) is 1. The Kier molecular flexibility index (Phi) is 2.11. The maximum atomic E-state index is 5.56. The molecule has 0 saturated carbocycles. The summed E-state index contributed by atoms with van der Waals surface area (Å²) in [7, 11) is 0. The van der Waals surface area contributed by atoms with Crippen molar-refractivity contribution in [2.75, 3.05) is 0 Å². The summed E-state index contributed by atoms with van der Waals surface area (Å²) in [4.78, 5) is 0. The van der Waals surface area contributed by atoms with Crippen LogP contribution in [0, 0.1) is 0 Å². The van der Waals surface area contributed by atoms with Crippen molar-refractivity contribution in [3.05, 3.63) is 47.7 Å². The zero-order valence-electron chi connectivity index (χ0n) is 6.04. The van der Waals surface area contributed by atoms with Crippen LogP contribution in [0.1, 0.15) is 6.92 Å². The quantitative estimate of drug-likeness (QED) is 0.536. The standard InChI is InChI=1S/C9H11N/c1-8-4-2-3-5-9(10)7-6-8/h2-7H,10H2,1H3/b3-2?,4-2?,5-3-,7-6?,8-4?,8-6?,9-5?,9-7+. The fourth-order valence-corrected chi connectivity index (χ4v) is 0.713. The van der Waals surface area contributed by atoms with E-state index in [0.717, 1.165) is 5.70 Å². The molecule has 1 heteroatoms. The lowest BCUT2D eigenvalue weighted by Crippen LogP contribution is -1.91. The molecule has 10 heavy (non-hydrogen) atoms. The van der Waals surface area contributed by atoms with Crippen LogP contribution in [0.15, 0.2) is 47.7 Å². The lowest BCUT2D eigenvalue weighted by atomic mass is 10.2. The van der Waals surface area contributed by atoms with Gasteiger partial charge in [-0.05, 0) is 19.1 Å². The van der Waals surface area contributed by atoms with Gasteiger partial charge in [-0.2, -0.15) is 0 Å². The molecule has 0 aromatic carbocycles. The normalized spacial score (nSPS) is 25.7. The first-order valence-electron chi connectivity index (χ1n) is 3.28. The maximum absolute atomic E-state index is 5.56. The largest absolute Gasteiger partial charge is 0.399 e. The fourth-order valence-electron chi connectivity index (χ4n) is 0.713. The van der Waals surface area contributed by atoms with E-state index in [9.17, 15) is 0 Å². The molecule has 0 spiro atoms. The SMILES string of the molecule is CC1=C/C=C(N)\C=C/C=C1. The van der Waals surface area contributed by atoms with Crippen molar-refractivity contribution < 1.29 is 0 Å². The third-order valence-electron chi connectivity index (χ3n) is 1.30. The fraction of sp³-hybridized carbons (Fsp3) is 0.111. The molecule has 0 fully saturated rings. The molecule has 0 heterocycles. The Bertz CT molecular complexity index is 203. The zero-order chi connectivity index (χ0) is 7.40. The van der Waals surface area contributed by atoms with Gasteiger partial charge in [-0.15, -0.1) is 0 Å². The van der Waals surface area contributed by atoms with Crippen molar-refractivity contribution in [1.82, 2.24) is 0 Å².